The van der Waals surface area contributed by atoms with E-state index in [9.17, 15) is 26.3 Å². The van der Waals surface area contributed by atoms with Gasteiger partial charge in [0, 0.05) is 0 Å². The molecule has 0 aliphatic carbocycles. The van der Waals surface area contributed by atoms with Crippen LogP contribution in [0, 0.1) is 0 Å². The second kappa shape index (κ2) is 4.91. The van der Waals surface area contributed by atoms with E-state index in [1.165, 1.54) is 0 Å². The molecular weight excluding hydrogens is 246 g/mol. The lowest BCUT2D eigenvalue weighted by molar-refractivity contribution is -0.299. The molecule has 2 atom stereocenters. The summed E-state index contributed by atoms with van der Waals surface area (Å²) < 4.78 is 83.8. The normalized spacial score (nSPS) is 26.4. The molecule has 0 amide bonds. The summed E-state index contributed by atoms with van der Waals surface area (Å²) in [6.45, 7) is -1.72. The third-order valence-electron chi connectivity index (χ3n) is 1.62. The molecule has 0 bridgehead atoms. The van der Waals surface area contributed by atoms with E-state index in [2.05, 4.69) is 14.2 Å². The highest BCUT2D eigenvalue weighted by Crippen LogP contribution is 2.27. The maximum atomic E-state index is 12.2. The monoisotopic (exact) mass is 252 g/mol. The molecule has 0 aromatic carbocycles. The first-order valence-electron chi connectivity index (χ1n) is 3.98. The third-order valence-corrected chi connectivity index (χ3v) is 1.62. The topological polar surface area (TPSA) is 27.7 Å². The maximum Gasteiger partial charge on any atom is 0.416 e. The summed E-state index contributed by atoms with van der Waals surface area (Å²) in [6, 6.07) is -2.20. The van der Waals surface area contributed by atoms with Crippen LogP contribution in [-0.2, 0) is 14.2 Å². The Morgan fingerprint density at radius 2 is 1.69 bits per heavy atom. The zero-order chi connectivity index (χ0) is 12.3. The fourth-order valence-corrected chi connectivity index (χ4v) is 0.903. The van der Waals surface area contributed by atoms with Crippen LogP contribution < -0.4 is 0 Å². The predicted molar refractivity (Wildman–Crippen MR) is 37.0 cm³/mol. The molecule has 94 valence electrons. The molecule has 0 aromatic rings. The summed E-state index contributed by atoms with van der Waals surface area (Å²) >= 11 is 0. The van der Waals surface area contributed by atoms with Gasteiger partial charge in [-0.2, -0.15) is 26.3 Å². The van der Waals surface area contributed by atoms with E-state index in [0.717, 1.165) is 0 Å². The van der Waals surface area contributed by atoms with Gasteiger partial charge in [-0.25, -0.2) is 0 Å². The Balaban J connectivity index is 2.41. The van der Waals surface area contributed by atoms with Crippen LogP contribution in [0.4, 0.5) is 26.3 Å². The summed E-state index contributed by atoms with van der Waals surface area (Å²) in [7, 11) is 0. The Morgan fingerprint density at radius 3 is 2.06 bits per heavy atom. The summed E-state index contributed by atoms with van der Waals surface area (Å²) in [5.74, 6) is 0. The molecule has 0 aromatic heterocycles. The number of hydrogen-bond donors (Lipinski definition) is 0. The molecule has 0 saturated carbocycles. The van der Waals surface area contributed by atoms with E-state index in [1.807, 2.05) is 0 Å². The number of ether oxygens (including phenoxy) is 3. The number of hydrogen-bond acceptors (Lipinski definition) is 3. The van der Waals surface area contributed by atoms with Crippen LogP contribution in [-0.4, -0.2) is 31.8 Å². The van der Waals surface area contributed by atoms with Gasteiger partial charge in [-0.1, -0.05) is 0 Å². The van der Waals surface area contributed by atoms with Crippen molar-refractivity contribution in [2.75, 3.05) is 13.2 Å². The van der Waals surface area contributed by atoms with Gasteiger partial charge < -0.3 is 14.2 Å². The van der Waals surface area contributed by atoms with E-state index in [-0.39, 0.29) is 0 Å². The second-order valence-corrected chi connectivity index (χ2v) is 2.78. The molecule has 2 unspecified atom stereocenters. The zero-order valence-corrected chi connectivity index (χ0v) is 7.56. The Morgan fingerprint density at radius 1 is 1.06 bits per heavy atom. The molecule has 9 heteroatoms. The molecule has 1 heterocycles. The molecule has 0 N–H and O–H groups in total. The van der Waals surface area contributed by atoms with Gasteiger partial charge in [-0.3, -0.25) is 0 Å². The van der Waals surface area contributed by atoms with Gasteiger partial charge in [-0.05, 0) is 0 Å². The van der Waals surface area contributed by atoms with Crippen molar-refractivity contribution in [2.45, 2.75) is 18.6 Å². The van der Waals surface area contributed by atoms with Gasteiger partial charge >= 0.3 is 18.3 Å². The molecule has 1 saturated heterocycles. The van der Waals surface area contributed by atoms with Crippen LogP contribution in [0.25, 0.3) is 0 Å². The highest BCUT2D eigenvalue weighted by atomic mass is 19.4. The lowest BCUT2D eigenvalue weighted by atomic mass is 10.3. The molecule has 3 nitrogen and oxygen atoms in total. The summed E-state index contributed by atoms with van der Waals surface area (Å²) in [4.78, 5) is 0. The smallest absolute Gasteiger partial charge is 0.416 e. The predicted octanol–water partition coefficient (Wildman–Crippen LogP) is 2.34. The molecule has 1 aliphatic rings. The minimum absolute atomic E-state index is 0.787. The number of halogens is 6. The van der Waals surface area contributed by atoms with Crippen LogP contribution in [0.3, 0.4) is 0 Å². The quantitative estimate of drug-likeness (QED) is 0.557. The molecule has 1 aliphatic heterocycles. The third kappa shape index (κ3) is 3.56. The van der Waals surface area contributed by atoms with Crippen LogP contribution in [0.1, 0.15) is 0 Å². The van der Waals surface area contributed by atoms with Crippen molar-refractivity contribution in [2.24, 2.45) is 0 Å². The minimum Gasteiger partial charge on any atom is -0.434 e. The van der Waals surface area contributed by atoms with E-state index in [4.69, 9.17) is 0 Å². The molecule has 16 heavy (non-hydrogen) atoms. The van der Waals surface area contributed by atoms with Crippen molar-refractivity contribution in [1.82, 2.24) is 0 Å². The van der Waals surface area contributed by atoms with Gasteiger partial charge in [0.2, 0.25) is 6.29 Å². The highest BCUT2D eigenvalue weighted by Gasteiger charge is 2.44. The summed E-state index contributed by atoms with van der Waals surface area (Å²) in [5.41, 5.74) is 0. The van der Waals surface area contributed by atoms with Gasteiger partial charge in [0.1, 0.15) is 6.61 Å². The minimum atomic E-state index is -4.62. The van der Waals surface area contributed by atoms with Gasteiger partial charge in [0.05, 0.1) is 6.61 Å². The van der Waals surface area contributed by atoms with Crippen molar-refractivity contribution in [3.8, 4) is 0 Å². The summed E-state index contributed by atoms with van der Waals surface area (Å²) in [6.07, 6.45) is -11.1. The van der Waals surface area contributed by atoms with Crippen LogP contribution in [0.15, 0.2) is 12.1 Å². The van der Waals surface area contributed by atoms with Crippen LogP contribution in [0.5, 0.6) is 0 Å². The van der Waals surface area contributed by atoms with Crippen molar-refractivity contribution in [3.05, 3.63) is 12.1 Å². The zero-order valence-electron chi connectivity index (χ0n) is 7.56. The van der Waals surface area contributed by atoms with Gasteiger partial charge in [-0.15, -0.1) is 0 Å². The fraction of sp³-hybridized carbons (Fsp3) is 0.714. The lowest BCUT2D eigenvalue weighted by Crippen LogP contribution is -2.44. The molecule has 1 fully saturated rings. The second-order valence-electron chi connectivity index (χ2n) is 2.78. The average molecular weight is 252 g/mol. The van der Waals surface area contributed by atoms with Crippen molar-refractivity contribution < 1.29 is 40.6 Å². The maximum absolute atomic E-state index is 12.2. The average Bonchev–Trinajstić information content (AvgIpc) is 2.17. The first-order chi connectivity index (χ1) is 7.30. The number of rotatable bonds is 2. The highest BCUT2D eigenvalue weighted by molar-refractivity contribution is 4.82. The first kappa shape index (κ1) is 13.1. The standard InChI is InChI=1S/C7H6F6O3/c8-5(9)6(10)16-4-2-14-3(1-15-4)7(11,12)13/h3-4H,1-2H2. The van der Waals surface area contributed by atoms with Gasteiger partial charge in [0.15, 0.2) is 6.10 Å². The Bertz CT molecular complexity index is 264. The fourth-order valence-electron chi connectivity index (χ4n) is 0.903. The van der Waals surface area contributed by atoms with Crippen LogP contribution >= 0.6 is 0 Å². The van der Waals surface area contributed by atoms with E-state index >= 15 is 0 Å². The SMILES string of the molecule is FC(F)=C(F)OC1COC(C(F)(F)F)CO1. The van der Waals surface area contributed by atoms with Crippen molar-refractivity contribution >= 4 is 0 Å². The Labute approximate surface area is 85.6 Å². The number of alkyl halides is 3. The first-order valence-corrected chi connectivity index (χ1v) is 3.98. The van der Waals surface area contributed by atoms with E-state index < -0.39 is 43.9 Å². The Kier molecular flexibility index (Phi) is 4.03. The largest absolute Gasteiger partial charge is 0.434 e. The van der Waals surface area contributed by atoms with Gasteiger partial charge in [0.25, 0.3) is 0 Å². The Hall–Kier alpha value is -0.960. The molecular formula is C7H6F6O3. The summed E-state index contributed by atoms with van der Waals surface area (Å²) in [5, 5.41) is 0. The lowest BCUT2D eigenvalue weighted by Gasteiger charge is -2.29. The van der Waals surface area contributed by atoms with Crippen molar-refractivity contribution in [1.29, 1.82) is 0 Å². The molecule has 0 radical (unpaired) electrons. The van der Waals surface area contributed by atoms with Crippen LogP contribution in [0.2, 0.25) is 0 Å². The molecule has 0 spiro atoms. The molecule has 1 rings (SSSR count). The van der Waals surface area contributed by atoms with E-state index in [0.29, 0.717) is 0 Å². The van der Waals surface area contributed by atoms with Crippen molar-refractivity contribution in [3.63, 3.8) is 0 Å². The van der Waals surface area contributed by atoms with E-state index in [1.54, 1.807) is 0 Å².